The van der Waals surface area contributed by atoms with Gasteiger partial charge in [0.05, 0.1) is 18.8 Å². The average molecular weight is 284 g/mol. The molecule has 4 nitrogen and oxygen atoms in total. The van der Waals surface area contributed by atoms with Gasteiger partial charge in [-0.1, -0.05) is 26.0 Å². The maximum atomic E-state index is 11.9. The van der Waals surface area contributed by atoms with Gasteiger partial charge < -0.3 is 9.64 Å². The second kappa shape index (κ2) is 7.05. The van der Waals surface area contributed by atoms with Crippen molar-refractivity contribution in [3.8, 4) is 6.07 Å². The molecule has 0 atom stereocenters. The number of hydrogen-bond acceptors (Lipinski definition) is 4. The molecule has 0 saturated carbocycles. The molecular weight excluding hydrogens is 264 g/mol. The van der Waals surface area contributed by atoms with E-state index in [4.69, 9.17) is 10.00 Å². The highest BCUT2D eigenvalue weighted by atomic mass is 16.5. The number of nitriles is 1. The van der Waals surface area contributed by atoms with Crippen LogP contribution in [0.4, 0.5) is 5.69 Å². The number of benzene rings is 1. The monoisotopic (exact) mass is 284 g/mol. The van der Waals surface area contributed by atoms with Gasteiger partial charge in [-0.05, 0) is 23.8 Å². The minimum Gasteiger partial charge on any atom is -0.378 e. The Labute approximate surface area is 125 Å². The van der Waals surface area contributed by atoms with Crippen LogP contribution < -0.4 is 4.90 Å². The zero-order chi connectivity index (χ0) is 15.2. The lowest BCUT2D eigenvalue weighted by Crippen LogP contribution is -2.36. The molecule has 4 heteroatoms. The molecule has 0 unspecified atom stereocenters. The van der Waals surface area contributed by atoms with Crippen LogP contribution in [-0.2, 0) is 9.53 Å². The Bertz CT molecular complexity index is 561. The summed E-state index contributed by atoms with van der Waals surface area (Å²) in [7, 11) is 0. The molecule has 1 aliphatic heterocycles. The number of ketones is 1. The lowest BCUT2D eigenvalue weighted by atomic mass is 10.00. The van der Waals surface area contributed by atoms with E-state index in [1.54, 1.807) is 19.9 Å². The number of hydrogen-bond donors (Lipinski definition) is 0. The van der Waals surface area contributed by atoms with E-state index in [-0.39, 0.29) is 17.3 Å². The van der Waals surface area contributed by atoms with Gasteiger partial charge in [-0.25, -0.2) is 0 Å². The van der Waals surface area contributed by atoms with E-state index in [0.717, 1.165) is 37.6 Å². The summed E-state index contributed by atoms with van der Waals surface area (Å²) in [4.78, 5) is 14.1. The number of carbonyl (C=O) groups is 1. The Morgan fingerprint density at radius 1 is 1.29 bits per heavy atom. The lowest BCUT2D eigenvalue weighted by molar-refractivity contribution is -0.117. The number of carbonyl (C=O) groups excluding carboxylic acids is 1. The first-order chi connectivity index (χ1) is 10.1. The van der Waals surface area contributed by atoms with Gasteiger partial charge in [0.15, 0.2) is 5.78 Å². The summed E-state index contributed by atoms with van der Waals surface area (Å²) in [6.45, 7) is 6.89. The first-order valence-corrected chi connectivity index (χ1v) is 7.20. The Hall–Kier alpha value is -2.12. The fourth-order valence-electron chi connectivity index (χ4n) is 2.24. The van der Waals surface area contributed by atoms with E-state index in [2.05, 4.69) is 4.90 Å². The van der Waals surface area contributed by atoms with Crippen molar-refractivity contribution in [1.82, 2.24) is 0 Å². The summed E-state index contributed by atoms with van der Waals surface area (Å²) in [6, 6.07) is 9.91. The van der Waals surface area contributed by atoms with Crippen LogP contribution >= 0.6 is 0 Å². The normalized spacial score (nSPS) is 15.9. The quantitative estimate of drug-likeness (QED) is 0.630. The third-order valence-corrected chi connectivity index (χ3v) is 3.49. The van der Waals surface area contributed by atoms with Gasteiger partial charge in [-0.3, -0.25) is 4.79 Å². The molecule has 1 fully saturated rings. The molecule has 0 aromatic heterocycles. The summed E-state index contributed by atoms with van der Waals surface area (Å²) in [5, 5.41) is 9.10. The SMILES string of the molecule is CC(C)C(=O)/C(C#N)=C\c1ccc(N2CCOCC2)cc1. The van der Waals surface area contributed by atoms with E-state index in [1.807, 2.05) is 30.3 Å². The molecule has 0 bridgehead atoms. The van der Waals surface area contributed by atoms with Gasteiger partial charge in [0.2, 0.25) is 0 Å². The molecule has 1 heterocycles. The van der Waals surface area contributed by atoms with Crippen molar-refractivity contribution in [2.45, 2.75) is 13.8 Å². The second-order valence-corrected chi connectivity index (χ2v) is 5.38. The summed E-state index contributed by atoms with van der Waals surface area (Å²) in [5.41, 5.74) is 2.23. The van der Waals surface area contributed by atoms with E-state index in [1.165, 1.54) is 0 Å². The smallest absolute Gasteiger partial charge is 0.175 e. The minimum absolute atomic E-state index is 0.116. The molecular formula is C17H20N2O2. The van der Waals surface area contributed by atoms with Crippen molar-refractivity contribution in [2.75, 3.05) is 31.2 Å². The van der Waals surface area contributed by atoms with Gasteiger partial charge in [-0.15, -0.1) is 0 Å². The summed E-state index contributed by atoms with van der Waals surface area (Å²) >= 11 is 0. The average Bonchev–Trinajstić information content (AvgIpc) is 2.53. The third-order valence-electron chi connectivity index (χ3n) is 3.49. The number of morpholine rings is 1. The Balaban J connectivity index is 2.14. The summed E-state index contributed by atoms with van der Waals surface area (Å²) < 4.78 is 5.34. The van der Waals surface area contributed by atoms with Crippen molar-refractivity contribution >= 4 is 17.5 Å². The molecule has 21 heavy (non-hydrogen) atoms. The predicted octanol–water partition coefficient (Wildman–Crippen LogP) is 2.66. The number of ether oxygens (including phenoxy) is 1. The first-order valence-electron chi connectivity index (χ1n) is 7.20. The lowest BCUT2D eigenvalue weighted by Gasteiger charge is -2.28. The number of rotatable bonds is 4. The standard InChI is InChI=1S/C17H20N2O2/c1-13(2)17(20)15(12-18)11-14-3-5-16(6-4-14)19-7-9-21-10-8-19/h3-6,11,13H,7-10H2,1-2H3/b15-11-. The number of allylic oxidation sites excluding steroid dienone is 1. The Kier molecular flexibility index (Phi) is 5.13. The van der Waals surface area contributed by atoms with Gasteiger partial charge in [0.1, 0.15) is 6.07 Å². The van der Waals surface area contributed by atoms with Crippen molar-refractivity contribution in [3.05, 3.63) is 35.4 Å². The van der Waals surface area contributed by atoms with E-state index < -0.39 is 0 Å². The summed E-state index contributed by atoms with van der Waals surface area (Å²) in [6.07, 6.45) is 1.66. The molecule has 0 amide bonds. The van der Waals surface area contributed by atoms with Crippen LogP contribution in [0.3, 0.4) is 0 Å². The topological polar surface area (TPSA) is 53.3 Å². The highest BCUT2D eigenvalue weighted by Crippen LogP contribution is 2.18. The fraction of sp³-hybridized carbons (Fsp3) is 0.412. The van der Waals surface area contributed by atoms with E-state index >= 15 is 0 Å². The molecule has 0 spiro atoms. The number of nitrogens with zero attached hydrogens (tertiary/aromatic N) is 2. The van der Waals surface area contributed by atoms with Crippen molar-refractivity contribution < 1.29 is 9.53 Å². The molecule has 110 valence electrons. The van der Waals surface area contributed by atoms with Crippen LogP contribution in [-0.4, -0.2) is 32.1 Å². The number of Topliss-reactive ketones (excluding diaryl/α,β-unsaturated/α-hetero) is 1. The summed E-state index contributed by atoms with van der Waals surface area (Å²) in [5.74, 6) is -0.279. The van der Waals surface area contributed by atoms with Crippen LogP contribution in [0.2, 0.25) is 0 Å². The highest BCUT2D eigenvalue weighted by molar-refractivity contribution is 6.04. The van der Waals surface area contributed by atoms with Crippen LogP contribution in [0.15, 0.2) is 29.8 Å². The Morgan fingerprint density at radius 2 is 1.90 bits per heavy atom. The fourth-order valence-corrected chi connectivity index (χ4v) is 2.24. The van der Waals surface area contributed by atoms with Crippen LogP contribution in [0.25, 0.3) is 6.08 Å². The van der Waals surface area contributed by atoms with Gasteiger partial charge in [-0.2, -0.15) is 5.26 Å². The molecule has 1 aliphatic rings. The number of anilines is 1. The van der Waals surface area contributed by atoms with Crippen LogP contribution in [0, 0.1) is 17.2 Å². The second-order valence-electron chi connectivity index (χ2n) is 5.38. The largest absolute Gasteiger partial charge is 0.378 e. The van der Waals surface area contributed by atoms with Crippen molar-refractivity contribution in [1.29, 1.82) is 5.26 Å². The molecule has 1 aromatic rings. The van der Waals surface area contributed by atoms with E-state index in [9.17, 15) is 4.79 Å². The highest BCUT2D eigenvalue weighted by Gasteiger charge is 2.14. The van der Waals surface area contributed by atoms with Gasteiger partial charge in [0.25, 0.3) is 0 Å². The first kappa shape index (κ1) is 15.3. The molecule has 0 N–H and O–H groups in total. The maximum Gasteiger partial charge on any atom is 0.175 e. The third kappa shape index (κ3) is 3.93. The van der Waals surface area contributed by atoms with E-state index in [0.29, 0.717) is 0 Å². The predicted molar refractivity (Wildman–Crippen MR) is 82.9 cm³/mol. The van der Waals surface area contributed by atoms with Crippen LogP contribution in [0.1, 0.15) is 19.4 Å². The van der Waals surface area contributed by atoms with Crippen molar-refractivity contribution in [2.24, 2.45) is 5.92 Å². The van der Waals surface area contributed by atoms with Crippen molar-refractivity contribution in [3.63, 3.8) is 0 Å². The van der Waals surface area contributed by atoms with Gasteiger partial charge in [0, 0.05) is 24.7 Å². The molecule has 1 saturated heterocycles. The molecule has 1 aromatic carbocycles. The molecule has 0 aliphatic carbocycles. The zero-order valence-corrected chi connectivity index (χ0v) is 12.5. The zero-order valence-electron chi connectivity index (χ0n) is 12.5. The van der Waals surface area contributed by atoms with Crippen LogP contribution in [0.5, 0.6) is 0 Å². The minimum atomic E-state index is -0.163. The van der Waals surface area contributed by atoms with Gasteiger partial charge >= 0.3 is 0 Å². The Morgan fingerprint density at radius 3 is 2.43 bits per heavy atom. The molecule has 2 rings (SSSR count). The molecule has 0 radical (unpaired) electrons. The maximum absolute atomic E-state index is 11.9.